The molecule has 0 aliphatic heterocycles. The van der Waals surface area contributed by atoms with Crippen LogP contribution in [0.1, 0.15) is 41.1 Å². The summed E-state index contributed by atoms with van der Waals surface area (Å²) >= 11 is 6.02. The van der Waals surface area contributed by atoms with E-state index in [9.17, 15) is 37.5 Å². The first kappa shape index (κ1) is 39.9. The number of carbonyl (C=O) groups excluding carboxylic acids is 3. The second-order valence-electron chi connectivity index (χ2n) is 12.7. The molecule has 1 fully saturated rings. The first-order chi connectivity index (χ1) is 27.1. The standard InChI is InChI=1S/C36H32ClF3N10O7/c1-19-42-27(50-57-19)21-3-2-4-25(17-21)43-30(53)29(52)41-16-13-26(31(54)55)45-28(51)20-5-11-24(12-6-20)44-32-46-33(48-34(47-32)56-18-36(38,39)40)49-35(14-15-35)22-7-9-23(37)10-8-22/h2-12,17,26H,13-16,18H2,1H3,(H,41,52)(H,43,53)(H,45,51)(H,54,55)(H2,44,46,47,48,49)/t26-/m0/s1. The number of halogens is 4. The molecular formula is C36H32ClF3N10O7. The fourth-order valence-corrected chi connectivity index (χ4v) is 5.48. The van der Waals surface area contributed by atoms with Gasteiger partial charge in [0.25, 0.3) is 5.91 Å². The number of alkyl halides is 3. The summed E-state index contributed by atoms with van der Waals surface area (Å²) in [6.45, 7) is -0.290. The van der Waals surface area contributed by atoms with Gasteiger partial charge in [0.05, 0.1) is 5.54 Å². The van der Waals surface area contributed by atoms with Gasteiger partial charge in [-0.05, 0) is 73.4 Å². The molecule has 1 saturated carbocycles. The minimum absolute atomic E-state index is 0.0496. The van der Waals surface area contributed by atoms with Gasteiger partial charge in [0.2, 0.25) is 23.6 Å². The van der Waals surface area contributed by atoms with Crippen molar-refractivity contribution in [3.63, 3.8) is 0 Å². The maximum absolute atomic E-state index is 13.0. The van der Waals surface area contributed by atoms with Crippen LogP contribution in [-0.4, -0.2) is 79.3 Å². The van der Waals surface area contributed by atoms with Crippen molar-refractivity contribution < 1.29 is 46.7 Å². The van der Waals surface area contributed by atoms with Crippen molar-refractivity contribution in [1.82, 2.24) is 35.7 Å². The van der Waals surface area contributed by atoms with Crippen LogP contribution in [-0.2, 0) is 19.9 Å². The lowest BCUT2D eigenvalue weighted by molar-refractivity contribution is -0.154. The average molecular weight is 809 g/mol. The van der Waals surface area contributed by atoms with Crippen molar-refractivity contribution in [1.29, 1.82) is 0 Å². The first-order valence-corrected chi connectivity index (χ1v) is 17.4. The number of aryl methyl sites for hydroxylation is 1. The number of carbonyl (C=O) groups is 4. The summed E-state index contributed by atoms with van der Waals surface area (Å²) in [6, 6.07) is 17.0. The number of nitrogens with one attached hydrogen (secondary N) is 5. The van der Waals surface area contributed by atoms with Crippen molar-refractivity contribution in [2.24, 2.45) is 0 Å². The molecule has 5 aromatic rings. The number of carboxylic acids is 1. The third kappa shape index (κ3) is 10.9. The number of aliphatic carboxylic acids is 1. The molecule has 1 aliphatic carbocycles. The summed E-state index contributed by atoms with van der Waals surface area (Å²) in [5, 5.41) is 27.2. The molecule has 2 aromatic heterocycles. The van der Waals surface area contributed by atoms with Crippen LogP contribution in [0.15, 0.2) is 77.3 Å². The van der Waals surface area contributed by atoms with E-state index in [4.69, 9.17) is 20.9 Å². The Kier molecular flexibility index (Phi) is 11.8. The van der Waals surface area contributed by atoms with Gasteiger partial charge >= 0.3 is 30.0 Å². The minimum Gasteiger partial charge on any atom is -0.480 e. The SMILES string of the molecule is Cc1nc(-c2cccc(NC(=O)C(=O)NCC[C@H](NC(=O)c3ccc(Nc4nc(NC5(c6ccc(Cl)cc6)CC5)nc(OCC(F)(F)F)n4)cc3)C(=O)O)c2)no1. The van der Waals surface area contributed by atoms with E-state index in [1.165, 1.54) is 30.3 Å². The molecule has 0 bridgehead atoms. The Balaban J connectivity index is 1.04. The predicted molar refractivity (Wildman–Crippen MR) is 197 cm³/mol. The van der Waals surface area contributed by atoms with E-state index in [-0.39, 0.29) is 41.9 Å². The van der Waals surface area contributed by atoms with Crippen LogP contribution >= 0.6 is 11.6 Å². The van der Waals surface area contributed by atoms with Crippen molar-refractivity contribution in [2.75, 3.05) is 29.1 Å². The van der Waals surface area contributed by atoms with Gasteiger partial charge in [0, 0.05) is 41.0 Å². The molecule has 6 N–H and O–H groups in total. The van der Waals surface area contributed by atoms with Crippen LogP contribution in [0.4, 0.5) is 36.4 Å². The van der Waals surface area contributed by atoms with Crippen LogP contribution in [0.3, 0.4) is 0 Å². The molecular weight excluding hydrogens is 777 g/mol. The monoisotopic (exact) mass is 808 g/mol. The van der Waals surface area contributed by atoms with Gasteiger partial charge in [-0.1, -0.05) is 41.0 Å². The van der Waals surface area contributed by atoms with Crippen LogP contribution in [0.2, 0.25) is 5.02 Å². The second kappa shape index (κ2) is 16.9. The van der Waals surface area contributed by atoms with Gasteiger partial charge < -0.3 is 41.0 Å². The highest BCUT2D eigenvalue weighted by Gasteiger charge is 2.45. The molecule has 17 nitrogen and oxygen atoms in total. The van der Waals surface area contributed by atoms with Crippen LogP contribution in [0.5, 0.6) is 6.01 Å². The summed E-state index contributed by atoms with van der Waals surface area (Å²) in [6.07, 6.45) is -3.53. The Morgan fingerprint density at radius 2 is 1.65 bits per heavy atom. The number of amides is 3. The maximum Gasteiger partial charge on any atom is 0.422 e. The lowest BCUT2D eigenvalue weighted by atomic mass is 10.1. The number of carboxylic acid groups (broad SMARTS) is 1. The van der Waals surface area contributed by atoms with E-state index in [0.717, 1.165) is 5.56 Å². The lowest BCUT2D eigenvalue weighted by Gasteiger charge is -2.19. The van der Waals surface area contributed by atoms with Gasteiger partial charge in [0.15, 0.2) is 6.61 Å². The Morgan fingerprint density at radius 1 is 0.930 bits per heavy atom. The van der Waals surface area contributed by atoms with Crippen LogP contribution < -0.4 is 31.3 Å². The number of rotatable bonds is 15. The van der Waals surface area contributed by atoms with E-state index >= 15 is 0 Å². The zero-order valence-corrected chi connectivity index (χ0v) is 30.4. The first-order valence-electron chi connectivity index (χ1n) is 17.1. The van der Waals surface area contributed by atoms with Gasteiger partial charge in [-0.25, -0.2) is 4.79 Å². The minimum atomic E-state index is -4.65. The normalized spacial score (nSPS) is 13.5. The van der Waals surface area contributed by atoms with E-state index in [2.05, 4.69) is 51.7 Å². The highest BCUT2D eigenvalue weighted by atomic mass is 35.5. The number of ether oxygens (including phenoxy) is 1. The summed E-state index contributed by atoms with van der Waals surface area (Å²) in [5.41, 5.74) is 1.49. The van der Waals surface area contributed by atoms with Crippen molar-refractivity contribution in [3.8, 4) is 17.4 Å². The van der Waals surface area contributed by atoms with Crippen LogP contribution in [0.25, 0.3) is 11.4 Å². The maximum atomic E-state index is 13.0. The van der Waals surface area contributed by atoms with E-state index in [1.54, 1.807) is 37.3 Å². The Labute approximate surface area is 325 Å². The van der Waals surface area contributed by atoms with E-state index < -0.39 is 54.1 Å². The molecule has 0 unspecified atom stereocenters. The number of anilines is 4. The smallest absolute Gasteiger partial charge is 0.422 e. The number of benzene rings is 3. The van der Waals surface area contributed by atoms with Gasteiger partial charge in [-0.15, -0.1) is 0 Å². The topological polar surface area (TPSA) is 235 Å². The summed E-state index contributed by atoms with van der Waals surface area (Å²) < 4.78 is 48.6. The Morgan fingerprint density at radius 3 is 2.30 bits per heavy atom. The quantitative estimate of drug-likeness (QED) is 0.0765. The summed E-state index contributed by atoms with van der Waals surface area (Å²) in [5.74, 6) is -3.78. The molecule has 1 aliphatic rings. The summed E-state index contributed by atoms with van der Waals surface area (Å²) in [4.78, 5) is 66.2. The largest absolute Gasteiger partial charge is 0.480 e. The zero-order chi connectivity index (χ0) is 40.7. The molecule has 0 radical (unpaired) electrons. The molecule has 57 heavy (non-hydrogen) atoms. The molecule has 296 valence electrons. The molecule has 21 heteroatoms. The Bertz CT molecular complexity index is 2270. The van der Waals surface area contributed by atoms with E-state index in [0.29, 0.717) is 35.0 Å². The van der Waals surface area contributed by atoms with E-state index in [1.807, 2.05) is 12.1 Å². The average Bonchev–Trinajstić information content (AvgIpc) is 3.81. The molecule has 0 saturated heterocycles. The van der Waals surface area contributed by atoms with Crippen molar-refractivity contribution in [3.05, 3.63) is 94.8 Å². The molecule has 1 atom stereocenters. The molecule has 6 rings (SSSR count). The van der Waals surface area contributed by atoms with Crippen molar-refractivity contribution >= 4 is 58.6 Å². The second-order valence-corrected chi connectivity index (χ2v) is 13.1. The number of aromatic nitrogens is 5. The number of hydrogen-bond donors (Lipinski definition) is 6. The van der Waals surface area contributed by atoms with Crippen LogP contribution in [0, 0.1) is 6.92 Å². The molecule has 2 heterocycles. The van der Waals surface area contributed by atoms with Gasteiger partial charge in [-0.2, -0.15) is 33.1 Å². The highest BCUT2D eigenvalue weighted by molar-refractivity contribution is 6.39. The number of hydrogen-bond acceptors (Lipinski definition) is 13. The fourth-order valence-electron chi connectivity index (χ4n) is 5.36. The van der Waals surface area contributed by atoms with Gasteiger partial charge in [0.1, 0.15) is 6.04 Å². The predicted octanol–water partition coefficient (Wildman–Crippen LogP) is 5.00. The molecule has 3 amide bonds. The zero-order valence-electron chi connectivity index (χ0n) is 29.7. The summed E-state index contributed by atoms with van der Waals surface area (Å²) in [7, 11) is 0. The molecule has 3 aromatic carbocycles. The fraction of sp³-hybridized carbons (Fsp3) is 0.250. The lowest BCUT2D eigenvalue weighted by Crippen LogP contribution is -2.44. The van der Waals surface area contributed by atoms with Crippen molar-refractivity contribution in [2.45, 2.75) is 43.9 Å². The third-order valence-electron chi connectivity index (χ3n) is 8.32. The Hall–Kier alpha value is -6.83. The van der Waals surface area contributed by atoms with Gasteiger partial charge in [-0.3, -0.25) is 14.4 Å². The number of nitrogens with zero attached hydrogens (tertiary/aromatic N) is 5. The molecule has 0 spiro atoms. The third-order valence-corrected chi connectivity index (χ3v) is 8.57. The highest BCUT2D eigenvalue weighted by Crippen LogP contribution is 2.48.